The highest BCUT2D eigenvalue weighted by atomic mass is 79.9. The van der Waals surface area contributed by atoms with Gasteiger partial charge in [0.1, 0.15) is 0 Å². The topological polar surface area (TPSA) is 49.4 Å². The van der Waals surface area contributed by atoms with Crippen molar-refractivity contribution in [1.82, 2.24) is 5.32 Å². The molecule has 0 saturated carbocycles. The highest BCUT2D eigenvalue weighted by Gasteiger charge is 2.35. The number of para-hydroxylation sites is 1. The summed E-state index contributed by atoms with van der Waals surface area (Å²) >= 11 is 8.45. The monoisotopic (exact) mass is 456 g/mol. The van der Waals surface area contributed by atoms with E-state index < -0.39 is 0 Å². The molecule has 0 radical (unpaired) electrons. The number of thiophene rings is 1. The second-order valence-electron chi connectivity index (χ2n) is 5.28. The van der Waals surface area contributed by atoms with Crippen LogP contribution in [0.4, 0.5) is 5.69 Å². The SMILES string of the molecule is O=C(NCc1ccc(Br)s1)C1CC(=O)N(c2ccccc2Br)C1. The van der Waals surface area contributed by atoms with Crippen molar-refractivity contribution in [3.05, 3.63) is 49.5 Å². The third-order valence-electron chi connectivity index (χ3n) is 3.70. The molecule has 1 saturated heterocycles. The fourth-order valence-electron chi connectivity index (χ4n) is 2.55. The lowest BCUT2D eigenvalue weighted by Gasteiger charge is -2.18. The van der Waals surface area contributed by atoms with Crippen molar-refractivity contribution in [2.45, 2.75) is 13.0 Å². The predicted molar refractivity (Wildman–Crippen MR) is 98.5 cm³/mol. The van der Waals surface area contributed by atoms with Crippen LogP contribution in [-0.2, 0) is 16.1 Å². The van der Waals surface area contributed by atoms with Gasteiger partial charge < -0.3 is 10.2 Å². The second kappa shape index (κ2) is 7.15. The maximum absolute atomic E-state index is 12.3. The van der Waals surface area contributed by atoms with Crippen molar-refractivity contribution < 1.29 is 9.59 Å². The van der Waals surface area contributed by atoms with E-state index in [1.54, 1.807) is 16.2 Å². The summed E-state index contributed by atoms with van der Waals surface area (Å²) in [5, 5.41) is 2.92. The number of hydrogen-bond acceptors (Lipinski definition) is 3. The van der Waals surface area contributed by atoms with Gasteiger partial charge in [0.15, 0.2) is 0 Å². The number of anilines is 1. The summed E-state index contributed by atoms with van der Waals surface area (Å²) in [6, 6.07) is 11.5. The maximum Gasteiger partial charge on any atom is 0.227 e. The minimum Gasteiger partial charge on any atom is -0.351 e. The van der Waals surface area contributed by atoms with Gasteiger partial charge in [-0.15, -0.1) is 11.3 Å². The van der Waals surface area contributed by atoms with Gasteiger partial charge in [0.05, 0.1) is 21.9 Å². The molecule has 0 bridgehead atoms. The number of rotatable bonds is 4. The smallest absolute Gasteiger partial charge is 0.227 e. The Hall–Kier alpha value is -1.18. The van der Waals surface area contributed by atoms with Crippen molar-refractivity contribution in [3.63, 3.8) is 0 Å². The molecule has 1 N–H and O–H groups in total. The van der Waals surface area contributed by atoms with Gasteiger partial charge in [-0.2, -0.15) is 0 Å². The van der Waals surface area contributed by atoms with Crippen LogP contribution in [0, 0.1) is 5.92 Å². The van der Waals surface area contributed by atoms with Crippen molar-refractivity contribution in [2.24, 2.45) is 5.92 Å². The summed E-state index contributed by atoms with van der Waals surface area (Å²) in [7, 11) is 0. The number of carbonyl (C=O) groups excluding carboxylic acids is 2. The molecule has 120 valence electrons. The first kappa shape index (κ1) is 16.7. The summed E-state index contributed by atoms with van der Waals surface area (Å²) in [5.41, 5.74) is 0.815. The van der Waals surface area contributed by atoms with Crippen LogP contribution in [0.3, 0.4) is 0 Å². The van der Waals surface area contributed by atoms with Crippen molar-refractivity contribution in [2.75, 3.05) is 11.4 Å². The van der Waals surface area contributed by atoms with Crippen LogP contribution in [0.5, 0.6) is 0 Å². The van der Waals surface area contributed by atoms with E-state index >= 15 is 0 Å². The maximum atomic E-state index is 12.3. The number of carbonyl (C=O) groups is 2. The lowest BCUT2D eigenvalue weighted by molar-refractivity contribution is -0.126. The molecular formula is C16H14Br2N2O2S. The van der Waals surface area contributed by atoms with Gasteiger partial charge in [-0.25, -0.2) is 0 Å². The summed E-state index contributed by atoms with van der Waals surface area (Å²) < 4.78 is 1.90. The van der Waals surface area contributed by atoms with Gasteiger partial charge in [0.25, 0.3) is 0 Å². The largest absolute Gasteiger partial charge is 0.351 e. The zero-order valence-corrected chi connectivity index (χ0v) is 16.1. The average molecular weight is 458 g/mol. The van der Waals surface area contributed by atoms with Crippen LogP contribution in [0.1, 0.15) is 11.3 Å². The van der Waals surface area contributed by atoms with Crippen LogP contribution in [0.2, 0.25) is 0 Å². The van der Waals surface area contributed by atoms with Gasteiger partial charge in [-0.05, 0) is 56.1 Å². The molecule has 4 nitrogen and oxygen atoms in total. The highest BCUT2D eigenvalue weighted by Crippen LogP contribution is 2.31. The molecule has 1 aromatic heterocycles. The fourth-order valence-corrected chi connectivity index (χ4v) is 4.47. The Morgan fingerprint density at radius 1 is 1.26 bits per heavy atom. The fraction of sp³-hybridized carbons (Fsp3) is 0.250. The zero-order valence-electron chi connectivity index (χ0n) is 12.1. The van der Waals surface area contributed by atoms with Crippen LogP contribution >= 0.6 is 43.2 Å². The van der Waals surface area contributed by atoms with E-state index in [9.17, 15) is 9.59 Å². The van der Waals surface area contributed by atoms with Gasteiger partial charge in [-0.1, -0.05) is 12.1 Å². The third-order valence-corrected chi connectivity index (χ3v) is 6.00. The quantitative estimate of drug-likeness (QED) is 0.755. The lowest BCUT2D eigenvalue weighted by Crippen LogP contribution is -2.32. The van der Waals surface area contributed by atoms with Crippen LogP contribution in [0.15, 0.2) is 44.7 Å². The van der Waals surface area contributed by atoms with Crippen molar-refractivity contribution >= 4 is 60.7 Å². The second-order valence-corrected chi connectivity index (χ2v) is 8.68. The molecule has 1 aliphatic rings. The average Bonchev–Trinajstić information content (AvgIpc) is 3.11. The van der Waals surface area contributed by atoms with E-state index in [0.29, 0.717) is 13.1 Å². The van der Waals surface area contributed by atoms with Gasteiger partial charge in [-0.3, -0.25) is 9.59 Å². The Labute approximate surface area is 155 Å². The van der Waals surface area contributed by atoms with E-state index in [1.807, 2.05) is 36.4 Å². The molecule has 1 aliphatic heterocycles. The molecule has 1 fully saturated rings. The Bertz CT molecular complexity index is 747. The number of hydrogen-bond donors (Lipinski definition) is 1. The van der Waals surface area contributed by atoms with Crippen LogP contribution < -0.4 is 10.2 Å². The lowest BCUT2D eigenvalue weighted by atomic mass is 10.1. The van der Waals surface area contributed by atoms with Crippen LogP contribution in [0.25, 0.3) is 0 Å². The van der Waals surface area contributed by atoms with Crippen molar-refractivity contribution in [1.29, 1.82) is 0 Å². The Kier molecular flexibility index (Phi) is 5.18. The standard InChI is InChI=1S/C16H14Br2N2O2S/c17-12-3-1-2-4-13(12)20-9-10(7-15(20)21)16(22)19-8-11-5-6-14(18)23-11/h1-6,10H,7-9H2,(H,19,22). The molecular weight excluding hydrogens is 444 g/mol. The molecule has 2 heterocycles. The molecule has 7 heteroatoms. The number of benzene rings is 1. The molecule has 0 aliphatic carbocycles. The molecule has 3 rings (SSSR count). The van der Waals surface area contributed by atoms with E-state index in [0.717, 1.165) is 18.8 Å². The summed E-state index contributed by atoms with van der Waals surface area (Å²) in [4.78, 5) is 27.3. The number of nitrogens with zero attached hydrogens (tertiary/aromatic N) is 1. The molecule has 1 unspecified atom stereocenters. The molecule has 2 aromatic rings. The van der Waals surface area contributed by atoms with Crippen LogP contribution in [-0.4, -0.2) is 18.4 Å². The first-order chi connectivity index (χ1) is 11.0. The first-order valence-corrected chi connectivity index (χ1v) is 9.51. The van der Waals surface area contributed by atoms with E-state index in [2.05, 4.69) is 37.2 Å². The molecule has 0 spiro atoms. The Morgan fingerprint density at radius 3 is 2.74 bits per heavy atom. The van der Waals surface area contributed by atoms with E-state index in [4.69, 9.17) is 0 Å². The molecule has 1 aromatic carbocycles. The van der Waals surface area contributed by atoms with Gasteiger partial charge in [0, 0.05) is 22.3 Å². The number of nitrogens with one attached hydrogen (secondary N) is 1. The van der Waals surface area contributed by atoms with Gasteiger partial charge >= 0.3 is 0 Å². The van der Waals surface area contributed by atoms with Gasteiger partial charge in [0.2, 0.25) is 11.8 Å². The number of amides is 2. The Morgan fingerprint density at radius 2 is 2.04 bits per heavy atom. The van der Waals surface area contributed by atoms with Crippen molar-refractivity contribution in [3.8, 4) is 0 Å². The Balaban J connectivity index is 1.63. The molecule has 2 amide bonds. The minimum atomic E-state index is -0.307. The highest BCUT2D eigenvalue weighted by molar-refractivity contribution is 9.11. The molecule has 1 atom stereocenters. The van der Waals surface area contributed by atoms with E-state index in [1.165, 1.54) is 0 Å². The van der Waals surface area contributed by atoms with E-state index in [-0.39, 0.29) is 24.2 Å². The normalized spacial score (nSPS) is 17.6. The summed E-state index contributed by atoms with van der Waals surface area (Å²) in [5.74, 6) is -0.397. The number of halogens is 2. The third kappa shape index (κ3) is 3.84. The first-order valence-electron chi connectivity index (χ1n) is 7.11. The summed E-state index contributed by atoms with van der Waals surface area (Å²) in [6.07, 6.45) is 0.251. The minimum absolute atomic E-state index is 0.0177. The predicted octanol–water partition coefficient (Wildman–Crippen LogP) is 3.94. The zero-order chi connectivity index (χ0) is 16.4. The summed E-state index contributed by atoms with van der Waals surface area (Å²) in [6.45, 7) is 0.913. The molecule has 23 heavy (non-hydrogen) atoms.